The number of hydrogen-bond donors (Lipinski definition) is 1. The number of amides is 1. The molecule has 1 saturated heterocycles. The van der Waals surface area contributed by atoms with E-state index < -0.39 is 0 Å². The smallest absolute Gasteiger partial charge is 0.255 e. The lowest BCUT2D eigenvalue weighted by Crippen LogP contribution is -2.37. The van der Waals surface area contributed by atoms with E-state index in [2.05, 4.69) is 4.98 Å². The highest BCUT2D eigenvalue weighted by atomic mass is 16.3. The van der Waals surface area contributed by atoms with Crippen LogP contribution in [-0.2, 0) is 0 Å². The van der Waals surface area contributed by atoms with Crippen molar-refractivity contribution < 1.29 is 9.90 Å². The summed E-state index contributed by atoms with van der Waals surface area (Å²) in [5, 5.41) is 9.34. The van der Waals surface area contributed by atoms with Gasteiger partial charge in [-0.25, -0.2) is 0 Å². The van der Waals surface area contributed by atoms with E-state index in [-0.39, 0.29) is 5.91 Å². The predicted molar refractivity (Wildman–Crippen MR) is 80.2 cm³/mol. The Kier molecular flexibility index (Phi) is 3.86. The first-order valence-corrected chi connectivity index (χ1v) is 7.22. The Hall–Kier alpha value is -2.36. The van der Waals surface area contributed by atoms with E-state index in [1.54, 1.807) is 36.7 Å². The molecule has 1 aromatic carbocycles. The maximum Gasteiger partial charge on any atom is 0.255 e. The molecule has 2 heterocycles. The SMILES string of the molecule is O=C(c1cccnc1)N1CCC(c2ccc(O)cc2)CC1. The van der Waals surface area contributed by atoms with Gasteiger partial charge in [0.05, 0.1) is 5.56 Å². The highest BCUT2D eigenvalue weighted by Gasteiger charge is 2.24. The summed E-state index contributed by atoms with van der Waals surface area (Å²) in [6, 6.07) is 11.0. The zero-order valence-corrected chi connectivity index (χ0v) is 11.8. The third kappa shape index (κ3) is 3.05. The molecule has 0 spiro atoms. The van der Waals surface area contributed by atoms with Crippen LogP contribution in [0.5, 0.6) is 5.75 Å². The molecular weight excluding hydrogens is 264 g/mol. The number of nitrogens with zero attached hydrogens (tertiary/aromatic N) is 2. The van der Waals surface area contributed by atoms with Crippen LogP contribution in [0.2, 0.25) is 0 Å². The van der Waals surface area contributed by atoms with Crippen molar-refractivity contribution in [3.05, 3.63) is 59.9 Å². The second kappa shape index (κ2) is 5.95. The van der Waals surface area contributed by atoms with Gasteiger partial charge < -0.3 is 10.0 Å². The number of likely N-dealkylation sites (tertiary alicyclic amines) is 1. The van der Waals surface area contributed by atoms with Crippen molar-refractivity contribution in [3.63, 3.8) is 0 Å². The number of phenolic OH excluding ortho intramolecular Hbond substituents is 1. The molecule has 1 amide bonds. The number of carbonyl (C=O) groups excluding carboxylic acids is 1. The Morgan fingerprint density at radius 3 is 2.48 bits per heavy atom. The Bertz CT molecular complexity index is 602. The van der Waals surface area contributed by atoms with Crippen molar-refractivity contribution in [1.29, 1.82) is 0 Å². The van der Waals surface area contributed by atoms with Crippen molar-refractivity contribution in [2.45, 2.75) is 18.8 Å². The summed E-state index contributed by atoms with van der Waals surface area (Å²) >= 11 is 0. The third-order valence-corrected chi connectivity index (χ3v) is 4.06. The molecule has 0 unspecified atom stereocenters. The summed E-state index contributed by atoms with van der Waals surface area (Å²) < 4.78 is 0. The van der Waals surface area contributed by atoms with E-state index in [0.29, 0.717) is 17.2 Å². The van der Waals surface area contributed by atoms with Gasteiger partial charge in [0.15, 0.2) is 0 Å². The molecule has 0 bridgehead atoms. The molecule has 1 aliphatic heterocycles. The first-order chi connectivity index (χ1) is 10.2. The van der Waals surface area contributed by atoms with Crippen molar-refractivity contribution in [2.75, 3.05) is 13.1 Å². The molecule has 1 N–H and O–H groups in total. The minimum atomic E-state index is 0.0623. The Morgan fingerprint density at radius 1 is 1.14 bits per heavy atom. The van der Waals surface area contributed by atoms with Gasteiger partial charge in [-0.15, -0.1) is 0 Å². The summed E-state index contributed by atoms with van der Waals surface area (Å²) in [5.74, 6) is 0.818. The largest absolute Gasteiger partial charge is 0.508 e. The average molecular weight is 282 g/mol. The first-order valence-electron chi connectivity index (χ1n) is 7.22. The summed E-state index contributed by atoms with van der Waals surface area (Å²) in [4.78, 5) is 18.2. The molecule has 1 aliphatic rings. The molecule has 0 saturated carbocycles. The van der Waals surface area contributed by atoms with Gasteiger partial charge in [-0.1, -0.05) is 12.1 Å². The predicted octanol–water partition coefficient (Wildman–Crippen LogP) is 2.81. The molecule has 108 valence electrons. The van der Waals surface area contributed by atoms with Crippen molar-refractivity contribution >= 4 is 5.91 Å². The Balaban J connectivity index is 1.63. The molecule has 0 radical (unpaired) electrons. The van der Waals surface area contributed by atoms with Gasteiger partial charge in [-0.3, -0.25) is 9.78 Å². The molecule has 4 nitrogen and oxygen atoms in total. The molecule has 21 heavy (non-hydrogen) atoms. The van der Waals surface area contributed by atoms with Crippen LogP contribution in [-0.4, -0.2) is 34.0 Å². The lowest BCUT2D eigenvalue weighted by molar-refractivity contribution is 0.0712. The van der Waals surface area contributed by atoms with E-state index in [0.717, 1.165) is 25.9 Å². The molecular formula is C17H18N2O2. The van der Waals surface area contributed by atoms with E-state index in [9.17, 15) is 9.90 Å². The van der Waals surface area contributed by atoms with Crippen molar-refractivity contribution in [3.8, 4) is 5.75 Å². The van der Waals surface area contributed by atoms with E-state index >= 15 is 0 Å². The topological polar surface area (TPSA) is 53.4 Å². The van der Waals surface area contributed by atoms with Crippen LogP contribution in [0.3, 0.4) is 0 Å². The lowest BCUT2D eigenvalue weighted by atomic mass is 9.89. The third-order valence-electron chi connectivity index (χ3n) is 4.06. The number of pyridine rings is 1. The molecule has 0 aliphatic carbocycles. The van der Waals surface area contributed by atoms with Gasteiger partial charge in [0.25, 0.3) is 5.91 Å². The van der Waals surface area contributed by atoms with Crippen LogP contribution < -0.4 is 0 Å². The van der Waals surface area contributed by atoms with Crippen LogP contribution in [0.15, 0.2) is 48.8 Å². The molecule has 4 heteroatoms. The summed E-state index contributed by atoms with van der Waals surface area (Å²) in [5.41, 5.74) is 1.89. The van der Waals surface area contributed by atoms with E-state index in [1.165, 1.54) is 5.56 Å². The van der Waals surface area contributed by atoms with Gasteiger partial charge in [-0.2, -0.15) is 0 Å². The van der Waals surface area contributed by atoms with Gasteiger partial charge in [0, 0.05) is 25.5 Å². The van der Waals surface area contributed by atoms with Gasteiger partial charge >= 0.3 is 0 Å². The number of piperidine rings is 1. The van der Waals surface area contributed by atoms with Gasteiger partial charge in [0.2, 0.25) is 0 Å². The standard InChI is InChI=1S/C17H18N2O2/c20-16-5-3-13(4-6-16)14-7-10-19(11-8-14)17(21)15-2-1-9-18-12-15/h1-6,9,12,14,20H,7-8,10-11H2. The van der Waals surface area contributed by atoms with Crippen LogP contribution >= 0.6 is 0 Å². The fourth-order valence-electron chi connectivity index (χ4n) is 2.83. The normalized spacial score (nSPS) is 15.9. The number of carbonyl (C=O) groups is 1. The number of hydrogen-bond acceptors (Lipinski definition) is 3. The number of phenols is 1. The van der Waals surface area contributed by atoms with Crippen LogP contribution in [0.4, 0.5) is 0 Å². The van der Waals surface area contributed by atoms with Crippen molar-refractivity contribution in [1.82, 2.24) is 9.88 Å². The monoisotopic (exact) mass is 282 g/mol. The van der Waals surface area contributed by atoms with Crippen LogP contribution in [0.25, 0.3) is 0 Å². The van der Waals surface area contributed by atoms with E-state index in [1.807, 2.05) is 17.0 Å². The van der Waals surface area contributed by atoms with Gasteiger partial charge in [0.1, 0.15) is 5.75 Å². The number of rotatable bonds is 2. The average Bonchev–Trinajstić information content (AvgIpc) is 2.56. The highest BCUT2D eigenvalue weighted by Crippen LogP contribution is 2.29. The molecule has 3 rings (SSSR count). The molecule has 2 aromatic rings. The second-order valence-electron chi connectivity index (χ2n) is 5.40. The summed E-state index contributed by atoms with van der Waals surface area (Å²) in [6.45, 7) is 1.53. The molecule has 0 atom stereocenters. The number of aromatic nitrogens is 1. The first kappa shape index (κ1) is 13.6. The van der Waals surface area contributed by atoms with E-state index in [4.69, 9.17) is 0 Å². The Labute approximate surface area is 124 Å². The number of aromatic hydroxyl groups is 1. The second-order valence-corrected chi connectivity index (χ2v) is 5.40. The fourth-order valence-corrected chi connectivity index (χ4v) is 2.83. The van der Waals surface area contributed by atoms with Crippen LogP contribution in [0, 0.1) is 0 Å². The maximum atomic E-state index is 12.3. The number of benzene rings is 1. The summed E-state index contributed by atoms with van der Waals surface area (Å²) in [6.07, 6.45) is 5.20. The molecule has 1 aromatic heterocycles. The maximum absolute atomic E-state index is 12.3. The minimum Gasteiger partial charge on any atom is -0.508 e. The van der Waals surface area contributed by atoms with Gasteiger partial charge in [-0.05, 0) is 48.6 Å². The fraction of sp³-hybridized carbons (Fsp3) is 0.294. The highest BCUT2D eigenvalue weighted by molar-refractivity contribution is 5.93. The Morgan fingerprint density at radius 2 is 1.86 bits per heavy atom. The zero-order chi connectivity index (χ0) is 14.7. The van der Waals surface area contributed by atoms with Crippen molar-refractivity contribution in [2.24, 2.45) is 0 Å². The minimum absolute atomic E-state index is 0.0623. The molecule has 1 fully saturated rings. The summed E-state index contributed by atoms with van der Waals surface area (Å²) in [7, 11) is 0. The van der Waals surface area contributed by atoms with Crippen LogP contribution in [0.1, 0.15) is 34.7 Å². The zero-order valence-electron chi connectivity index (χ0n) is 11.8. The lowest BCUT2D eigenvalue weighted by Gasteiger charge is -2.32. The quantitative estimate of drug-likeness (QED) is 0.921.